The van der Waals surface area contributed by atoms with Gasteiger partial charge in [0.15, 0.2) is 0 Å². The molecule has 1 saturated heterocycles. The van der Waals surface area contributed by atoms with Gasteiger partial charge in [0.1, 0.15) is 12.1 Å². The van der Waals surface area contributed by atoms with E-state index in [1.165, 1.54) is 4.90 Å². The zero-order valence-corrected chi connectivity index (χ0v) is 16.0. The Morgan fingerprint density at radius 2 is 1.92 bits per heavy atom. The average Bonchev–Trinajstić information content (AvgIpc) is 3.09. The molecule has 2 N–H and O–H groups in total. The Bertz CT molecular complexity index is 650. The number of carbonyl (C=O) groups excluding carboxylic acids is 2. The molecule has 1 aliphatic heterocycles. The van der Waals surface area contributed by atoms with Crippen LogP contribution in [-0.4, -0.2) is 51.7 Å². The fourth-order valence-corrected chi connectivity index (χ4v) is 3.44. The minimum absolute atomic E-state index is 0.154. The minimum atomic E-state index is -0.999. The van der Waals surface area contributed by atoms with Crippen molar-refractivity contribution >= 4 is 30.4 Å². The molecule has 26 heavy (non-hydrogen) atoms. The van der Waals surface area contributed by atoms with Crippen molar-refractivity contribution in [2.75, 3.05) is 6.54 Å². The second-order valence-corrected chi connectivity index (χ2v) is 7.59. The average molecular weight is 378 g/mol. The van der Waals surface area contributed by atoms with E-state index in [0.29, 0.717) is 25.8 Å². The highest BCUT2D eigenvalue weighted by Gasteiger charge is 2.38. The van der Waals surface area contributed by atoms with Crippen LogP contribution in [0.1, 0.15) is 32.3 Å². The van der Waals surface area contributed by atoms with Crippen molar-refractivity contribution in [1.29, 1.82) is 0 Å². The Morgan fingerprint density at radius 3 is 2.50 bits per heavy atom. The minimum Gasteiger partial charge on any atom is -0.480 e. The van der Waals surface area contributed by atoms with Crippen LogP contribution in [0, 0.1) is 5.92 Å². The van der Waals surface area contributed by atoms with E-state index in [1.54, 1.807) is 0 Å². The number of benzene rings is 1. The lowest BCUT2D eigenvalue weighted by Crippen LogP contribution is -2.55. The fraction of sp³-hybridized carbons (Fsp3) is 0.526. The van der Waals surface area contributed by atoms with Gasteiger partial charge in [0, 0.05) is 6.54 Å². The molecule has 3 atom stereocenters. The summed E-state index contributed by atoms with van der Waals surface area (Å²) in [5.41, 5.74) is 0.987. The van der Waals surface area contributed by atoms with Crippen molar-refractivity contribution in [1.82, 2.24) is 10.2 Å². The number of aliphatic carboxylic acids is 1. The molecule has 6 nitrogen and oxygen atoms in total. The molecule has 1 aliphatic rings. The molecule has 0 aliphatic carbocycles. The molecule has 142 valence electrons. The van der Waals surface area contributed by atoms with E-state index in [0.717, 1.165) is 5.56 Å². The number of thiol groups is 1. The molecule has 0 radical (unpaired) electrons. The monoisotopic (exact) mass is 378 g/mol. The van der Waals surface area contributed by atoms with E-state index in [-0.39, 0.29) is 17.7 Å². The lowest BCUT2D eigenvalue weighted by Gasteiger charge is -2.30. The zero-order valence-electron chi connectivity index (χ0n) is 15.1. The van der Waals surface area contributed by atoms with E-state index >= 15 is 0 Å². The van der Waals surface area contributed by atoms with Gasteiger partial charge in [0.2, 0.25) is 11.8 Å². The zero-order chi connectivity index (χ0) is 19.3. The molecule has 1 fully saturated rings. The van der Waals surface area contributed by atoms with Crippen molar-refractivity contribution in [3.8, 4) is 0 Å². The Hall–Kier alpha value is -2.02. The Kier molecular flexibility index (Phi) is 7.08. The van der Waals surface area contributed by atoms with E-state index in [4.69, 9.17) is 0 Å². The highest BCUT2D eigenvalue weighted by molar-refractivity contribution is 7.81. The first-order valence-corrected chi connectivity index (χ1v) is 9.38. The van der Waals surface area contributed by atoms with Crippen molar-refractivity contribution in [3.63, 3.8) is 0 Å². The number of hydrogen-bond donors (Lipinski definition) is 3. The highest BCUT2D eigenvalue weighted by atomic mass is 32.1. The van der Waals surface area contributed by atoms with Gasteiger partial charge in [-0.2, -0.15) is 12.6 Å². The van der Waals surface area contributed by atoms with Crippen LogP contribution in [0.5, 0.6) is 0 Å². The second kappa shape index (κ2) is 9.07. The van der Waals surface area contributed by atoms with Crippen molar-refractivity contribution < 1.29 is 19.5 Å². The number of amides is 2. The van der Waals surface area contributed by atoms with Gasteiger partial charge in [-0.25, -0.2) is 4.79 Å². The van der Waals surface area contributed by atoms with Gasteiger partial charge in [0.05, 0.1) is 5.25 Å². The number of rotatable bonds is 7. The van der Waals surface area contributed by atoms with Crippen LogP contribution in [0.15, 0.2) is 30.3 Å². The molecule has 1 aromatic rings. The Morgan fingerprint density at radius 1 is 1.27 bits per heavy atom. The van der Waals surface area contributed by atoms with Crippen molar-refractivity contribution in [3.05, 3.63) is 35.9 Å². The van der Waals surface area contributed by atoms with Crippen LogP contribution < -0.4 is 5.32 Å². The van der Waals surface area contributed by atoms with Gasteiger partial charge in [-0.05, 0) is 30.7 Å². The van der Waals surface area contributed by atoms with E-state index in [9.17, 15) is 19.5 Å². The van der Waals surface area contributed by atoms with Crippen molar-refractivity contribution in [2.45, 2.75) is 50.4 Å². The normalized spacial score (nSPS) is 19.2. The SMILES string of the molecule is CC(C)[C@H](NC(=O)[C@@H](S)Cc1ccccc1)C(=O)N1CCC[C@H]1C(=O)O. The van der Waals surface area contributed by atoms with Gasteiger partial charge in [-0.3, -0.25) is 9.59 Å². The van der Waals surface area contributed by atoms with Gasteiger partial charge in [-0.15, -0.1) is 0 Å². The summed E-state index contributed by atoms with van der Waals surface area (Å²) in [5.74, 6) is -1.81. The molecule has 2 rings (SSSR count). The lowest BCUT2D eigenvalue weighted by molar-refractivity contribution is -0.149. The smallest absolute Gasteiger partial charge is 0.326 e. The van der Waals surface area contributed by atoms with E-state index in [2.05, 4.69) is 17.9 Å². The topological polar surface area (TPSA) is 86.7 Å². The van der Waals surface area contributed by atoms with Crippen LogP contribution in [0.4, 0.5) is 0 Å². The second-order valence-electron chi connectivity index (χ2n) is 6.96. The Labute approximate surface area is 159 Å². The van der Waals surface area contributed by atoms with Gasteiger partial charge >= 0.3 is 5.97 Å². The van der Waals surface area contributed by atoms with Gasteiger partial charge < -0.3 is 15.3 Å². The highest BCUT2D eigenvalue weighted by Crippen LogP contribution is 2.20. The van der Waals surface area contributed by atoms with Crippen LogP contribution >= 0.6 is 12.6 Å². The maximum absolute atomic E-state index is 12.8. The van der Waals surface area contributed by atoms with Crippen molar-refractivity contribution in [2.24, 2.45) is 5.92 Å². The summed E-state index contributed by atoms with van der Waals surface area (Å²) >= 11 is 4.38. The number of nitrogens with one attached hydrogen (secondary N) is 1. The van der Waals surface area contributed by atoms with Crippen LogP contribution in [0.3, 0.4) is 0 Å². The number of carboxylic acid groups (broad SMARTS) is 1. The summed E-state index contributed by atoms with van der Waals surface area (Å²) in [6.07, 6.45) is 1.56. The first-order chi connectivity index (χ1) is 12.3. The fourth-order valence-electron chi connectivity index (χ4n) is 3.16. The van der Waals surface area contributed by atoms with E-state index < -0.39 is 23.3 Å². The molecule has 0 aromatic heterocycles. The summed E-state index contributed by atoms with van der Waals surface area (Å²) in [5, 5.41) is 11.5. The summed E-state index contributed by atoms with van der Waals surface area (Å²) in [7, 11) is 0. The number of likely N-dealkylation sites (tertiary alicyclic amines) is 1. The molecule has 1 aromatic carbocycles. The molecule has 0 spiro atoms. The molecular formula is C19H26N2O4S. The summed E-state index contributed by atoms with van der Waals surface area (Å²) in [6.45, 7) is 4.07. The maximum Gasteiger partial charge on any atom is 0.326 e. The standard InChI is InChI=1S/C19H26N2O4S/c1-12(2)16(18(23)21-10-6-9-14(21)19(24)25)20-17(22)15(26)11-13-7-4-3-5-8-13/h3-5,7-8,12,14-16,26H,6,9-11H2,1-2H3,(H,20,22)(H,24,25)/t14-,15-,16-/m0/s1. The third-order valence-electron chi connectivity index (χ3n) is 4.63. The van der Waals surface area contributed by atoms with Crippen LogP contribution in [0.2, 0.25) is 0 Å². The predicted molar refractivity (Wildman–Crippen MR) is 102 cm³/mol. The summed E-state index contributed by atoms with van der Waals surface area (Å²) in [4.78, 5) is 38.1. The molecule has 1 heterocycles. The molecule has 2 amide bonds. The lowest BCUT2D eigenvalue weighted by atomic mass is 10.0. The van der Waals surface area contributed by atoms with Crippen LogP contribution in [0.25, 0.3) is 0 Å². The summed E-state index contributed by atoms with van der Waals surface area (Å²) < 4.78 is 0. The quantitative estimate of drug-likeness (QED) is 0.631. The number of hydrogen-bond acceptors (Lipinski definition) is 4. The van der Waals surface area contributed by atoms with Gasteiger partial charge in [-0.1, -0.05) is 44.2 Å². The first-order valence-electron chi connectivity index (χ1n) is 8.87. The molecular weight excluding hydrogens is 352 g/mol. The molecule has 7 heteroatoms. The largest absolute Gasteiger partial charge is 0.480 e. The first kappa shape index (κ1) is 20.3. The van der Waals surface area contributed by atoms with Gasteiger partial charge in [0.25, 0.3) is 0 Å². The number of carbonyl (C=O) groups is 3. The number of nitrogens with zero attached hydrogens (tertiary/aromatic N) is 1. The van der Waals surface area contributed by atoms with Crippen LogP contribution in [-0.2, 0) is 20.8 Å². The molecule has 0 saturated carbocycles. The molecule has 0 bridgehead atoms. The Balaban J connectivity index is 2.03. The van der Waals surface area contributed by atoms with E-state index in [1.807, 2.05) is 44.2 Å². The predicted octanol–water partition coefficient (Wildman–Crippen LogP) is 1.74. The summed E-state index contributed by atoms with van der Waals surface area (Å²) in [6, 6.07) is 7.97. The maximum atomic E-state index is 12.8. The third kappa shape index (κ3) is 5.00. The third-order valence-corrected chi connectivity index (χ3v) is 5.04. The number of carboxylic acids is 1. The molecule has 0 unspecified atom stereocenters.